The molecule has 1 aromatic rings. The van der Waals surface area contributed by atoms with Crippen molar-refractivity contribution in [2.75, 3.05) is 37.8 Å². The fourth-order valence-corrected chi connectivity index (χ4v) is 4.19. The van der Waals surface area contributed by atoms with Gasteiger partial charge in [0.25, 0.3) is 5.91 Å². The number of hydrogen-bond acceptors (Lipinski definition) is 4. The van der Waals surface area contributed by atoms with Crippen LogP contribution in [0.3, 0.4) is 0 Å². The molecule has 6 nitrogen and oxygen atoms in total. The molecule has 3 rings (SSSR count). The molecule has 2 aliphatic rings. The van der Waals surface area contributed by atoms with Crippen molar-refractivity contribution in [2.24, 2.45) is 0 Å². The lowest BCUT2D eigenvalue weighted by Gasteiger charge is -2.36. The van der Waals surface area contributed by atoms with E-state index < -0.39 is 6.04 Å². The number of hydrogen-bond donors (Lipinski definition) is 0. The molecular weight excluding hydrogens is 326 g/mol. The second-order valence-corrected chi connectivity index (χ2v) is 6.99. The summed E-state index contributed by atoms with van der Waals surface area (Å²) >= 11 is 1.60. The van der Waals surface area contributed by atoms with E-state index in [1.165, 1.54) is 0 Å². The molecule has 3 amide bonds. The van der Waals surface area contributed by atoms with Gasteiger partial charge in [0.05, 0.1) is 5.88 Å². The summed E-state index contributed by atoms with van der Waals surface area (Å²) in [6.45, 7) is 3.74. The van der Waals surface area contributed by atoms with E-state index in [0.717, 1.165) is 0 Å². The standard InChI is InChI=1S/C17H21N3O3S/c1-13(21)18-7-9-19(10-8-18)17(23)15-11-24-12-20(15)16(22)14-5-3-2-4-6-14/h2-6,15H,7-12H2,1H3/t15-/m1/s1. The molecule has 0 saturated carbocycles. The fourth-order valence-electron chi connectivity index (χ4n) is 3.05. The van der Waals surface area contributed by atoms with Crippen LogP contribution in [0.5, 0.6) is 0 Å². The van der Waals surface area contributed by atoms with Crippen LogP contribution in [-0.4, -0.2) is 76.3 Å². The predicted molar refractivity (Wildman–Crippen MR) is 92.6 cm³/mol. The van der Waals surface area contributed by atoms with Gasteiger partial charge in [0.1, 0.15) is 6.04 Å². The van der Waals surface area contributed by atoms with Crippen LogP contribution in [0.15, 0.2) is 30.3 Å². The molecule has 0 unspecified atom stereocenters. The first-order valence-corrected chi connectivity index (χ1v) is 9.21. The average molecular weight is 347 g/mol. The van der Waals surface area contributed by atoms with E-state index in [2.05, 4.69) is 0 Å². The minimum Gasteiger partial charge on any atom is -0.339 e. The quantitative estimate of drug-likeness (QED) is 0.797. The van der Waals surface area contributed by atoms with Gasteiger partial charge in [0, 0.05) is 44.4 Å². The number of carbonyl (C=O) groups excluding carboxylic acids is 3. The number of benzene rings is 1. The molecule has 2 heterocycles. The van der Waals surface area contributed by atoms with Gasteiger partial charge in [-0.25, -0.2) is 0 Å². The van der Waals surface area contributed by atoms with Gasteiger partial charge < -0.3 is 14.7 Å². The average Bonchev–Trinajstić information content (AvgIpc) is 3.11. The van der Waals surface area contributed by atoms with E-state index in [-0.39, 0.29) is 17.7 Å². The van der Waals surface area contributed by atoms with Crippen LogP contribution in [0.2, 0.25) is 0 Å². The Kier molecular flexibility index (Phi) is 5.08. The summed E-state index contributed by atoms with van der Waals surface area (Å²) in [5.41, 5.74) is 0.610. The van der Waals surface area contributed by atoms with Crippen LogP contribution < -0.4 is 0 Å². The molecule has 2 fully saturated rings. The highest BCUT2D eigenvalue weighted by atomic mass is 32.2. The second-order valence-electron chi connectivity index (χ2n) is 5.99. The zero-order chi connectivity index (χ0) is 17.1. The molecule has 1 aromatic carbocycles. The predicted octanol–water partition coefficient (Wildman–Crippen LogP) is 0.892. The third-order valence-corrected chi connectivity index (χ3v) is 5.50. The van der Waals surface area contributed by atoms with Crippen molar-refractivity contribution in [2.45, 2.75) is 13.0 Å². The first-order valence-electron chi connectivity index (χ1n) is 8.06. The first-order chi connectivity index (χ1) is 11.6. The van der Waals surface area contributed by atoms with Crippen LogP contribution in [0.4, 0.5) is 0 Å². The van der Waals surface area contributed by atoms with E-state index in [4.69, 9.17) is 0 Å². The minimum atomic E-state index is -0.411. The van der Waals surface area contributed by atoms with Gasteiger partial charge in [-0.1, -0.05) is 18.2 Å². The first kappa shape index (κ1) is 16.8. The van der Waals surface area contributed by atoms with E-state index in [1.54, 1.807) is 45.5 Å². The Hall–Kier alpha value is -2.02. The molecule has 128 valence electrons. The molecule has 7 heteroatoms. The summed E-state index contributed by atoms with van der Waals surface area (Å²) in [5.74, 6) is 1.11. The van der Waals surface area contributed by atoms with Crippen molar-refractivity contribution in [3.05, 3.63) is 35.9 Å². The summed E-state index contributed by atoms with van der Waals surface area (Å²) < 4.78 is 0. The Bertz CT molecular complexity index is 629. The molecule has 2 aliphatic heterocycles. The summed E-state index contributed by atoms with van der Waals surface area (Å²) in [4.78, 5) is 42.1. The number of carbonyl (C=O) groups is 3. The van der Waals surface area contributed by atoms with Crippen molar-refractivity contribution in [3.63, 3.8) is 0 Å². The van der Waals surface area contributed by atoms with Gasteiger partial charge >= 0.3 is 0 Å². The highest BCUT2D eigenvalue weighted by Crippen LogP contribution is 2.25. The van der Waals surface area contributed by atoms with Gasteiger partial charge in [-0.2, -0.15) is 0 Å². The van der Waals surface area contributed by atoms with Gasteiger partial charge in [0.2, 0.25) is 11.8 Å². The molecule has 0 bridgehead atoms. The van der Waals surface area contributed by atoms with Crippen LogP contribution in [0, 0.1) is 0 Å². The fraction of sp³-hybridized carbons (Fsp3) is 0.471. The molecule has 2 saturated heterocycles. The summed E-state index contributed by atoms with van der Waals surface area (Å²) in [6.07, 6.45) is 0. The number of piperazine rings is 1. The molecular formula is C17H21N3O3S. The molecule has 0 spiro atoms. The SMILES string of the molecule is CC(=O)N1CCN(C(=O)[C@H]2CSCN2C(=O)c2ccccc2)CC1. The highest BCUT2D eigenvalue weighted by Gasteiger charge is 2.38. The Morgan fingerprint density at radius 3 is 2.25 bits per heavy atom. The minimum absolute atomic E-state index is 0.00696. The molecule has 0 N–H and O–H groups in total. The number of rotatable bonds is 2. The van der Waals surface area contributed by atoms with E-state index >= 15 is 0 Å². The molecule has 0 aliphatic carbocycles. The van der Waals surface area contributed by atoms with E-state index in [9.17, 15) is 14.4 Å². The number of nitrogens with zero attached hydrogens (tertiary/aromatic N) is 3. The maximum absolute atomic E-state index is 12.8. The third-order valence-electron chi connectivity index (χ3n) is 4.49. The van der Waals surface area contributed by atoms with Crippen LogP contribution in [-0.2, 0) is 9.59 Å². The summed E-state index contributed by atoms with van der Waals surface area (Å²) in [7, 11) is 0. The monoisotopic (exact) mass is 347 g/mol. The Morgan fingerprint density at radius 1 is 1.00 bits per heavy atom. The van der Waals surface area contributed by atoms with Crippen molar-refractivity contribution >= 4 is 29.5 Å². The number of thioether (sulfide) groups is 1. The summed E-state index contributed by atoms with van der Waals surface area (Å²) in [5, 5.41) is 0. The maximum atomic E-state index is 12.8. The number of amides is 3. The van der Waals surface area contributed by atoms with Crippen LogP contribution >= 0.6 is 11.8 Å². The van der Waals surface area contributed by atoms with Crippen molar-refractivity contribution in [3.8, 4) is 0 Å². The van der Waals surface area contributed by atoms with Crippen molar-refractivity contribution in [1.82, 2.24) is 14.7 Å². The third kappa shape index (κ3) is 3.40. The van der Waals surface area contributed by atoms with Crippen LogP contribution in [0.25, 0.3) is 0 Å². The van der Waals surface area contributed by atoms with Crippen molar-refractivity contribution in [1.29, 1.82) is 0 Å². The molecule has 24 heavy (non-hydrogen) atoms. The lowest BCUT2D eigenvalue weighted by Crippen LogP contribution is -2.55. The maximum Gasteiger partial charge on any atom is 0.255 e. The van der Waals surface area contributed by atoms with Gasteiger partial charge in [0.15, 0.2) is 0 Å². The lowest BCUT2D eigenvalue weighted by molar-refractivity contribution is -0.140. The van der Waals surface area contributed by atoms with Crippen molar-refractivity contribution < 1.29 is 14.4 Å². The highest BCUT2D eigenvalue weighted by molar-refractivity contribution is 7.99. The second kappa shape index (κ2) is 7.25. The molecule has 0 radical (unpaired) electrons. The topological polar surface area (TPSA) is 60.9 Å². The van der Waals surface area contributed by atoms with Gasteiger partial charge in [-0.3, -0.25) is 14.4 Å². The van der Waals surface area contributed by atoms with E-state index in [0.29, 0.717) is 43.4 Å². The summed E-state index contributed by atoms with van der Waals surface area (Å²) in [6, 6.07) is 8.66. The normalized spacial score (nSPS) is 21.0. The van der Waals surface area contributed by atoms with Gasteiger partial charge in [-0.15, -0.1) is 11.8 Å². The molecule has 1 atom stereocenters. The lowest BCUT2D eigenvalue weighted by atomic mass is 10.1. The smallest absolute Gasteiger partial charge is 0.255 e. The van der Waals surface area contributed by atoms with Gasteiger partial charge in [-0.05, 0) is 12.1 Å². The van der Waals surface area contributed by atoms with Crippen LogP contribution in [0.1, 0.15) is 17.3 Å². The Balaban J connectivity index is 1.66. The largest absolute Gasteiger partial charge is 0.339 e. The zero-order valence-corrected chi connectivity index (χ0v) is 14.5. The molecule has 0 aromatic heterocycles. The van der Waals surface area contributed by atoms with E-state index in [1.807, 2.05) is 18.2 Å². The Labute approximate surface area is 145 Å². The zero-order valence-electron chi connectivity index (χ0n) is 13.7. The Morgan fingerprint density at radius 2 is 1.62 bits per heavy atom.